The van der Waals surface area contributed by atoms with Crippen molar-refractivity contribution in [3.8, 4) is 0 Å². The van der Waals surface area contributed by atoms with Crippen LogP contribution in [-0.4, -0.2) is 36.6 Å². The maximum atomic E-state index is 3.76. The van der Waals surface area contributed by atoms with Gasteiger partial charge in [0.2, 0.25) is 0 Å². The van der Waals surface area contributed by atoms with Gasteiger partial charge in [0.1, 0.15) is 0 Å². The zero-order valence-electron chi connectivity index (χ0n) is 12.0. The number of rotatable bonds is 6. The lowest BCUT2D eigenvalue weighted by Crippen LogP contribution is -2.60. The first-order valence-electron chi connectivity index (χ1n) is 7.65. The van der Waals surface area contributed by atoms with Crippen LogP contribution in [0, 0.1) is 5.41 Å². The van der Waals surface area contributed by atoms with Gasteiger partial charge in [-0.3, -0.25) is 4.90 Å². The van der Waals surface area contributed by atoms with Gasteiger partial charge in [0.05, 0.1) is 0 Å². The van der Waals surface area contributed by atoms with E-state index in [1.165, 1.54) is 64.7 Å². The van der Waals surface area contributed by atoms with E-state index in [0.717, 1.165) is 5.41 Å². The molecule has 2 nitrogen and oxygen atoms in total. The van der Waals surface area contributed by atoms with Crippen LogP contribution in [0.5, 0.6) is 0 Å². The minimum atomic E-state index is 0.403. The van der Waals surface area contributed by atoms with E-state index in [0.29, 0.717) is 5.54 Å². The van der Waals surface area contributed by atoms with Crippen molar-refractivity contribution in [2.24, 2.45) is 5.41 Å². The maximum Gasteiger partial charge on any atom is 0.0304 e. The van der Waals surface area contributed by atoms with Gasteiger partial charge in [-0.2, -0.15) is 0 Å². The van der Waals surface area contributed by atoms with Gasteiger partial charge in [0.25, 0.3) is 0 Å². The quantitative estimate of drug-likeness (QED) is 0.765. The Labute approximate surface area is 107 Å². The summed E-state index contributed by atoms with van der Waals surface area (Å²) >= 11 is 0. The van der Waals surface area contributed by atoms with Gasteiger partial charge in [-0.1, -0.05) is 27.2 Å². The van der Waals surface area contributed by atoms with E-state index in [1.807, 2.05) is 0 Å². The van der Waals surface area contributed by atoms with Gasteiger partial charge in [0.15, 0.2) is 0 Å². The first kappa shape index (κ1) is 13.4. The predicted molar refractivity (Wildman–Crippen MR) is 74.3 cm³/mol. The molecule has 0 spiro atoms. The van der Waals surface area contributed by atoms with Crippen LogP contribution in [0.2, 0.25) is 0 Å². The SMILES string of the molecule is CCCC1(CN2CCNC(CC)(CC)C2)CC1. The van der Waals surface area contributed by atoms with Crippen LogP contribution < -0.4 is 5.32 Å². The van der Waals surface area contributed by atoms with Crippen LogP contribution in [0.15, 0.2) is 0 Å². The topological polar surface area (TPSA) is 15.3 Å². The Balaban J connectivity index is 1.89. The summed E-state index contributed by atoms with van der Waals surface area (Å²) in [4.78, 5) is 2.74. The summed E-state index contributed by atoms with van der Waals surface area (Å²) in [7, 11) is 0. The highest BCUT2D eigenvalue weighted by molar-refractivity contribution is 4.99. The van der Waals surface area contributed by atoms with Crippen LogP contribution in [0.3, 0.4) is 0 Å². The molecule has 0 atom stereocenters. The van der Waals surface area contributed by atoms with Crippen LogP contribution in [0.1, 0.15) is 59.3 Å². The Kier molecular flexibility index (Phi) is 4.14. The molecule has 1 aliphatic carbocycles. The fraction of sp³-hybridized carbons (Fsp3) is 1.00. The second-order valence-corrected chi connectivity index (χ2v) is 6.37. The van der Waals surface area contributed by atoms with E-state index in [4.69, 9.17) is 0 Å². The molecule has 2 heteroatoms. The summed E-state index contributed by atoms with van der Waals surface area (Å²) in [5, 5.41) is 3.76. The van der Waals surface area contributed by atoms with E-state index in [2.05, 4.69) is 31.0 Å². The summed E-state index contributed by atoms with van der Waals surface area (Å²) in [6, 6.07) is 0. The predicted octanol–water partition coefficient (Wildman–Crippen LogP) is 3.03. The van der Waals surface area contributed by atoms with Gasteiger partial charge >= 0.3 is 0 Å². The Hall–Kier alpha value is -0.0800. The van der Waals surface area contributed by atoms with E-state index in [9.17, 15) is 0 Å². The fourth-order valence-corrected chi connectivity index (χ4v) is 3.57. The third kappa shape index (κ3) is 3.03. The van der Waals surface area contributed by atoms with Crippen molar-refractivity contribution in [2.45, 2.75) is 64.8 Å². The third-order valence-electron chi connectivity index (χ3n) is 5.10. The van der Waals surface area contributed by atoms with Crippen molar-refractivity contribution >= 4 is 0 Å². The molecule has 0 amide bonds. The highest BCUT2D eigenvalue weighted by Crippen LogP contribution is 2.50. The van der Waals surface area contributed by atoms with Crippen molar-refractivity contribution in [3.63, 3.8) is 0 Å². The molecule has 1 saturated carbocycles. The lowest BCUT2D eigenvalue weighted by atomic mass is 9.89. The molecule has 0 unspecified atom stereocenters. The largest absolute Gasteiger partial charge is 0.309 e. The van der Waals surface area contributed by atoms with E-state index in [1.54, 1.807) is 0 Å². The number of piperazine rings is 1. The van der Waals surface area contributed by atoms with Gasteiger partial charge in [-0.25, -0.2) is 0 Å². The number of nitrogens with one attached hydrogen (secondary N) is 1. The van der Waals surface area contributed by atoms with Crippen LogP contribution >= 0.6 is 0 Å². The normalized spacial score (nSPS) is 27.0. The second-order valence-electron chi connectivity index (χ2n) is 6.37. The van der Waals surface area contributed by atoms with Crippen LogP contribution in [-0.2, 0) is 0 Å². The standard InChI is InChI=1S/C15H30N2/c1-4-7-14(8-9-14)12-17-11-10-16-15(5-2,6-3)13-17/h16H,4-13H2,1-3H3. The monoisotopic (exact) mass is 238 g/mol. The lowest BCUT2D eigenvalue weighted by Gasteiger charge is -2.44. The van der Waals surface area contributed by atoms with Gasteiger partial charge in [0, 0.05) is 31.7 Å². The molecular formula is C15H30N2. The first-order chi connectivity index (χ1) is 8.17. The molecule has 1 saturated heterocycles. The maximum absolute atomic E-state index is 3.76. The van der Waals surface area contributed by atoms with E-state index in [-0.39, 0.29) is 0 Å². The number of hydrogen-bond acceptors (Lipinski definition) is 2. The number of nitrogens with zero attached hydrogens (tertiary/aromatic N) is 1. The van der Waals surface area contributed by atoms with Crippen molar-refractivity contribution in [3.05, 3.63) is 0 Å². The molecule has 0 aromatic rings. The van der Waals surface area contributed by atoms with Crippen molar-refractivity contribution < 1.29 is 0 Å². The van der Waals surface area contributed by atoms with Crippen LogP contribution in [0.25, 0.3) is 0 Å². The molecule has 1 aliphatic heterocycles. The molecule has 0 aromatic carbocycles. The Morgan fingerprint density at radius 2 is 1.82 bits per heavy atom. The molecular weight excluding hydrogens is 208 g/mol. The van der Waals surface area contributed by atoms with Crippen molar-refractivity contribution in [1.29, 1.82) is 0 Å². The molecule has 2 aliphatic rings. The summed E-state index contributed by atoms with van der Waals surface area (Å²) < 4.78 is 0. The minimum Gasteiger partial charge on any atom is -0.309 e. The molecule has 1 N–H and O–H groups in total. The average Bonchev–Trinajstić information content (AvgIpc) is 3.09. The van der Waals surface area contributed by atoms with Gasteiger partial charge < -0.3 is 5.32 Å². The van der Waals surface area contributed by atoms with Crippen molar-refractivity contribution in [1.82, 2.24) is 10.2 Å². The molecule has 1 heterocycles. The Bertz CT molecular complexity index is 241. The summed E-state index contributed by atoms with van der Waals surface area (Å²) in [6.45, 7) is 12.1. The summed E-state index contributed by atoms with van der Waals surface area (Å²) in [5.41, 5.74) is 1.12. The number of hydrogen-bond donors (Lipinski definition) is 1. The third-order valence-corrected chi connectivity index (χ3v) is 5.10. The molecule has 0 radical (unpaired) electrons. The van der Waals surface area contributed by atoms with E-state index < -0.39 is 0 Å². The molecule has 2 fully saturated rings. The summed E-state index contributed by atoms with van der Waals surface area (Å²) in [5.74, 6) is 0. The highest BCUT2D eigenvalue weighted by atomic mass is 15.2. The zero-order valence-corrected chi connectivity index (χ0v) is 12.0. The second kappa shape index (κ2) is 5.27. The minimum absolute atomic E-state index is 0.403. The van der Waals surface area contributed by atoms with Crippen molar-refractivity contribution in [2.75, 3.05) is 26.2 Å². The Morgan fingerprint density at radius 3 is 2.35 bits per heavy atom. The smallest absolute Gasteiger partial charge is 0.0304 e. The van der Waals surface area contributed by atoms with Gasteiger partial charge in [-0.15, -0.1) is 0 Å². The zero-order chi connectivity index (χ0) is 12.4. The summed E-state index contributed by atoms with van der Waals surface area (Å²) in [6.07, 6.45) is 8.30. The molecule has 100 valence electrons. The molecule has 0 aromatic heterocycles. The molecule has 2 rings (SSSR count). The molecule has 17 heavy (non-hydrogen) atoms. The van der Waals surface area contributed by atoms with Gasteiger partial charge in [-0.05, 0) is 37.5 Å². The van der Waals surface area contributed by atoms with Crippen LogP contribution in [0.4, 0.5) is 0 Å². The Morgan fingerprint density at radius 1 is 1.12 bits per heavy atom. The fourth-order valence-electron chi connectivity index (χ4n) is 3.57. The molecule has 0 bridgehead atoms. The lowest BCUT2D eigenvalue weighted by molar-refractivity contribution is 0.101. The first-order valence-corrected chi connectivity index (χ1v) is 7.65. The highest BCUT2D eigenvalue weighted by Gasteiger charge is 2.44. The average molecular weight is 238 g/mol. The van der Waals surface area contributed by atoms with E-state index >= 15 is 0 Å².